The number of rotatable bonds is 4. The summed E-state index contributed by atoms with van der Waals surface area (Å²) in [6.07, 6.45) is 0. The van der Waals surface area contributed by atoms with Crippen molar-refractivity contribution in [2.75, 3.05) is 7.11 Å². The molecule has 0 aliphatic carbocycles. The van der Waals surface area contributed by atoms with Crippen molar-refractivity contribution < 1.29 is 18.7 Å². The predicted octanol–water partition coefficient (Wildman–Crippen LogP) is 2.94. The highest BCUT2D eigenvalue weighted by Crippen LogP contribution is 2.22. The number of nitrogens with zero attached hydrogens (tertiary/aromatic N) is 1. The van der Waals surface area contributed by atoms with Gasteiger partial charge in [0.2, 0.25) is 5.55 Å². The van der Waals surface area contributed by atoms with Crippen LogP contribution in [0.15, 0.2) is 76.2 Å². The highest BCUT2D eigenvalue weighted by Gasteiger charge is 2.11. The molecule has 3 aromatic carbocycles. The molecule has 1 heterocycles. The summed E-state index contributed by atoms with van der Waals surface area (Å²) in [5.74, 6) is -0.538. The lowest BCUT2D eigenvalue weighted by atomic mass is 10.1. The van der Waals surface area contributed by atoms with Gasteiger partial charge in [0.05, 0.1) is 7.11 Å². The van der Waals surface area contributed by atoms with Gasteiger partial charge in [-0.15, -0.1) is 5.10 Å². The van der Waals surface area contributed by atoms with Crippen molar-refractivity contribution in [3.63, 3.8) is 0 Å². The number of amides is 2. The Labute approximate surface area is 165 Å². The fourth-order valence-electron chi connectivity index (χ4n) is 2.98. The summed E-state index contributed by atoms with van der Waals surface area (Å²) < 4.78 is 10.9. The lowest BCUT2D eigenvalue weighted by Crippen LogP contribution is -2.27. The fraction of sp³-hybridized carbons (Fsp3) is 0.0455. The molecular formula is C22H17N3O4. The smallest absolute Gasteiger partial charge is 0.271 e. The van der Waals surface area contributed by atoms with Gasteiger partial charge < -0.3 is 14.9 Å². The van der Waals surface area contributed by atoms with Gasteiger partial charge in [0.25, 0.3) is 11.8 Å². The Hall–Kier alpha value is -4.13. The number of hydrogen-bond donors (Lipinski definition) is 2. The summed E-state index contributed by atoms with van der Waals surface area (Å²) >= 11 is 0. The summed E-state index contributed by atoms with van der Waals surface area (Å²) in [6, 6.07) is 19.6. The molecule has 29 heavy (non-hydrogen) atoms. The number of hydrogen-bond acceptors (Lipinski definition) is 5. The maximum atomic E-state index is 12.3. The zero-order valence-electron chi connectivity index (χ0n) is 15.5. The summed E-state index contributed by atoms with van der Waals surface area (Å²) in [7, 11) is 1.54. The lowest BCUT2D eigenvalue weighted by molar-refractivity contribution is 0.0946. The third-order valence-corrected chi connectivity index (χ3v) is 4.49. The number of nitrogens with one attached hydrogen (secondary N) is 1. The molecule has 4 rings (SSSR count). The molecule has 2 amide bonds. The van der Waals surface area contributed by atoms with Crippen LogP contribution in [-0.2, 0) is 0 Å². The van der Waals surface area contributed by atoms with Crippen LogP contribution < -0.4 is 21.5 Å². The van der Waals surface area contributed by atoms with E-state index in [-0.39, 0.29) is 11.1 Å². The van der Waals surface area contributed by atoms with Gasteiger partial charge in [0.15, 0.2) is 0 Å². The standard InChI is InChI=1S/C22H17N3O4/c1-28-17-8-6-13(7-9-17)21(27)24-25-22-18(20(23)26)11-16-10-14-4-2-3-5-15(14)12-19(16)29-22/h2-12H,1H3,(H2,23,26)(H,24,27)/b25-22+. The Balaban J connectivity index is 1.75. The molecule has 1 aromatic heterocycles. The fourth-order valence-corrected chi connectivity index (χ4v) is 2.98. The van der Waals surface area contributed by atoms with E-state index in [2.05, 4.69) is 10.5 Å². The third-order valence-electron chi connectivity index (χ3n) is 4.49. The monoisotopic (exact) mass is 387 g/mol. The van der Waals surface area contributed by atoms with Crippen molar-refractivity contribution in [1.82, 2.24) is 5.43 Å². The highest BCUT2D eigenvalue weighted by molar-refractivity contribution is 6.00. The Morgan fingerprint density at radius 3 is 2.31 bits per heavy atom. The van der Waals surface area contributed by atoms with Crippen LogP contribution in [-0.4, -0.2) is 18.9 Å². The van der Waals surface area contributed by atoms with E-state index in [1.807, 2.05) is 36.4 Å². The molecular weight excluding hydrogens is 370 g/mol. The topological polar surface area (TPSA) is 107 Å². The molecule has 4 aromatic rings. The Kier molecular flexibility index (Phi) is 4.70. The Morgan fingerprint density at radius 2 is 1.66 bits per heavy atom. The Bertz CT molecular complexity index is 1310. The van der Waals surface area contributed by atoms with Crippen molar-refractivity contribution in [2.45, 2.75) is 0 Å². The van der Waals surface area contributed by atoms with Crippen LogP contribution in [0, 0.1) is 0 Å². The zero-order chi connectivity index (χ0) is 20.4. The van der Waals surface area contributed by atoms with Gasteiger partial charge in [-0.25, -0.2) is 5.43 Å². The average molecular weight is 387 g/mol. The lowest BCUT2D eigenvalue weighted by Gasteiger charge is -2.05. The normalized spacial score (nSPS) is 11.6. The van der Waals surface area contributed by atoms with Gasteiger partial charge in [0.1, 0.15) is 16.9 Å². The second kappa shape index (κ2) is 7.47. The summed E-state index contributed by atoms with van der Waals surface area (Å²) in [5, 5.41) is 6.66. The minimum Gasteiger partial charge on any atom is -0.497 e. The molecule has 0 atom stereocenters. The molecule has 0 spiro atoms. The largest absolute Gasteiger partial charge is 0.497 e. The van der Waals surface area contributed by atoms with Crippen molar-refractivity contribution in [2.24, 2.45) is 10.8 Å². The minimum absolute atomic E-state index is 0.0675. The van der Waals surface area contributed by atoms with E-state index in [0.717, 1.165) is 10.8 Å². The first kappa shape index (κ1) is 18.2. The average Bonchev–Trinajstić information content (AvgIpc) is 2.75. The molecule has 0 unspecified atom stereocenters. The molecule has 7 nitrogen and oxygen atoms in total. The summed E-state index contributed by atoms with van der Waals surface area (Å²) in [5.41, 5.74) is 8.78. The van der Waals surface area contributed by atoms with E-state index in [0.29, 0.717) is 22.3 Å². The van der Waals surface area contributed by atoms with E-state index in [4.69, 9.17) is 14.9 Å². The molecule has 0 radical (unpaired) electrons. The molecule has 0 bridgehead atoms. The minimum atomic E-state index is -0.707. The van der Waals surface area contributed by atoms with Crippen LogP contribution in [0.1, 0.15) is 20.7 Å². The molecule has 0 saturated carbocycles. The SMILES string of the molecule is COc1ccc(C(=O)N/N=c2/oc3cc4ccccc4cc3cc2C(N)=O)cc1. The first-order chi connectivity index (χ1) is 14.0. The molecule has 0 aliphatic heterocycles. The van der Waals surface area contributed by atoms with E-state index in [1.165, 1.54) is 0 Å². The number of carbonyl (C=O) groups excluding carboxylic acids is 2. The quantitative estimate of drug-likeness (QED) is 0.415. The third kappa shape index (κ3) is 3.66. The molecule has 3 N–H and O–H groups in total. The number of benzene rings is 3. The van der Waals surface area contributed by atoms with Gasteiger partial charge in [-0.2, -0.15) is 0 Å². The molecule has 0 aliphatic rings. The van der Waals surface area contributed by atoms with Crippen LogP contribution >= 0.6 is 0 Å². The first-order valence-electron chi connectivity index (χ1n) is 8.80. The second-order valence-corrected chi connectivity index (χ2v) is 6.35. The molecule has 0 saturated heterocycles. The number of methoxy groups -OCH3 is 1. The van der Waals surface area contributed by atoms with E-state index < -0.39 is 11.8 Å². The molecule has 7 heteroatoms. The predicted molar refractivity (Wildman–Crippen MR) is 108 cm³/mol. The number of carbonyl (C=O) groups is 2. The number of fused-ring (bicyclic) bond motifs is 2. The molecule has 144 valence electrons. The van der Waals surface area contributed by atoms with Gasteiger partial charge in [-0.05, 0) is 53.2 Å². The van der Waals surface area contributed by atoms with Gasteiger partial charge in [0, 0.05) is 10.9 Å². The maximum absolute atomic E-state index is 12.3. The maximum Gasteiger partial charge on any atom is 0.271 e. The van der Waals surface area contributed by atoms with Gasteiger partial charge in [-0.1, -0.05) is 24.3 Å². The van der Waals surface area contributed by atoms with Crippen molar-refractivity contribution in [3.05, 3.63) is 83.4 Å². The van der Waals surface area contributed by atoms with Crippen LogP contribution in [0.3, 0.4) is 0 Å². The highest BCUT2D eigenvalue weighted by atomic mass is 16.5. The second-order valence-electron chi connectivity index (χ2n) is 6.35. The van der Waals surface area contributed by atoms with Crippen LogP contribution in [0.4, 0.5) is 0 Å². The van der Waals surface area contributed by atoms with Crippen LogP contribution in [0.5, 0.6) is 5.75 Å². The van der Waals surface area contributed by atoms with E-state index in [1.54, 1.807) is 37.4 Å². The first-order valence-corrected chi connectivity index (χ1v) is 8.80. The Morgan fingerprint density at radius 1 is 0.966 bits per heavy atom. The van der Waals surface area contributed by atoms with Crippen molar-refractivity contribution >= 4 is 33.6 Å². The van der Waals surface area contributed by atoms with Crippen molar-refractivity contribution in [3.8, 4) is 5.75 Å². The zero-order valence-corrected chi connectivity index (χ0v) is 15.5. The molecule has 0 fully saturated rings. The summed E-state index contributed by atoms with van der Waals surface area (Å²) in [6.45, 7) is 0. The van der Waals surface area contributed by atoms with E-state index in [9.17, 15) is 9.59 Å². The number of nitrogens with two attached hydrogens (primary N) is 1. The van der Waals surface area contributed by atoms with Crippen LogP contribution in [0.2, 0.25) is 0 Å². The number of primary amides is 1. The van der Waals surface area contributed by atoms with Gasteiger partial charge >= 0.3 is 0 Å². The van der Waals surface area contributed by atoms with Crippen LogP contribution in [0.25, 0.3) is 21.7 Å². The van der Waals surface area contributed by atoms with Crippen molar-refractivity contribution in [1.29, 1.82) is 0 Å². The van der Waals surface area contributed by atoms with Gasteiger partial charge in [-0.3, -0.25) is 9.59 Å². The van der Waals surface area contributed by atoms with E-state index >= 15 is 0 Å². The summed E-state index contributed by atoms with van der Waals surface area (Å²) in [4.78, 5) is 24.2. The number of ether oxygens (including phenoxy) is 1.